The van der Waals surface area contributed by atoms with E-state index in [1.54, 1.807) is 37.3 Å². The summed E-state index contributed by atoms with van der Waals surface area (Å²) < 4.78 is 29.0. The molecular weight excluding hydrogens is 362 g/mol. The molecular formula is C18H16ClNO4S. The molecule has 0 bridgehead atoms. The van der Waals surface area contributed by atoms with E-state index >= 15 is 0 Å². The molecule has 0 atom stereocenters. The Bertz CT molecular complexity index is 996. The highest BCUT2D eigenvalue weighted by Crippen LogP contribution is 2.29. The van der Waals surface area contributed by atoms with E-state index in [0.29, 0.717) is 22.0 Å². The van der Waals surface area contributed by atoms with Crippen molar-refractivity contribution in [1.29, 1.82) is 0 Å². The molecule has 5 nitrogen and oxygen atoms in total. The minimum absolute atomic E-state index is 0.130. The molecule has 2 aromatic rings. The predicted octanol–water partition coefficient (Wildman–Crippen LogP) is 3.47. The quantitative estimate of drug-likeness (QED) is 0.888. The molecule has 0 unspecified atom stereocenters. The molecule has 130 valence electrons. The summed E-state index contributed by atoms with van der Waals surface area (Å²) in [6.45, 7) is 1.92. The van der Waals surface area contributed by atoms with E-state index in [1.807, 2.05) is 0 Å². The van der Waals surface area contributed by atoms with Gasteiger partial charge in [0.15, 0.2) is 9.84 Å². The Hall–Kier alpha value is -2.31. The summed E-state index contributed by atoms with van der Waals surface area (Å²) in [7, 11) is -3.35. The highest BCUT2D eigenvalue weighted by atomic mass is 35.5. The summed E-state index contributed by atoms with van der Waals surface area (Å²) >= 11 is 5.97. The number of hydrogen-bond donors (Lipinski definition) is 1. The van der Waals surface area contributed by atoms with Crippen LogP contribution in [0.4, 0.5) is 5.69 Å². The zero-order valence-corrected chi connectivity index (χ0v) is 15.2. The van der Waals surface area contributed by atoms with Crippen molar-refractivity contribution in [3.63, 3.8) is 0 Å². The number of halogens is 1. The molecule has 2 aromatic carbocycles. The maximum Gasteiger partial charge on any atom is 0.255 e. The van der Waals surface area contributed by atoms with Gasteiger partial charge in [0.1, 0.15) is 12.4 Å². The van der Waals surface area contributed by atoms with Crippen LogP contribution in [-0.2, 0) is 14.6 Å². The van der Waals surface area contributed by atoms with Gasteiger partial charge in [0.25, 0.3) is 5.91 Å². The molecule has 0 fully saturated rings. The number of ether oxygens (including phenoxy) is 1. The number of sulfone groups is 1. The van der Waals surface area contributed by atoms with Crippen LogP contribution >= 0.6 is 11.6 Å². The molecule has 1 amide bonds. The number of rotatable bonds is 3. The second kappa shape index (κ2) is 6.54. The molecule has 0 aromatic heterocycles. The Morgan fingerprint density at radius 3 is 2.68 bits per heavy atom. The zero-order chi connectivity index (χ0) is 18.2. The molecule has 1 heterocycles. The average molecular weight is 378 g/mol. The molecule has 1 aliphatic heterocycles. The van der Waals surface area contributed by atoms with Gasteiger partial charge in [0.05, 0.1) is 10.5 Å². The van der Waals surface area contributed by atoms with Crippen LogP contribution in [0.3, 0.4) is 0 Å². The zero-order valence-electron chi connectivity index (χ0n) is 13.7. The molecule has 0 radical (unpaired) electrons. The number of aryl methyl sites for hydroxylation is 1. The topological polar surface area (TPSA) is 72.5 Å². The molecule has 0 spiro atoms. The van der Waals surface area contributed by atoms with Crippen molar-refractivity contribution >= 4 is 39.1 Å². The second-order valence-corrected chi connectivity index (χ2v) is 8.30. The van der Waals surface area contributed by atoms with Crippen LogP contribution < -0.4 is 10.1 Å². The van der Waals surface area contributed by atoms with Gasteiger partial charge in [0.2, 0.25) is 0 Å². The first-order valence-corrected chi connectivity index (χ1v) is 9.76. The fourth-order valence-electron chi connectivity index (χ4n) is 2.45. The van der Waals surface area contributed by atoms with Crippen LogP contribution in [0.25, 0.3) is 6.08 Å². The summed E-state index contributed by atoms with van der Waals surface area (Å²) in [4.78, 5) is 12.7. The van der Waals surface area contributed by atoms with E-state index in [4.69, 9.17) is 16.3 Å². The number of fused-ring (bicyclic) bond motifs is 1. The molecule has 25 heavy (non-hydrogen) atoms. The Balaban J connectivity index is 1.88. The molecule has 3 rings (SSSR count). The summed E-state index contributed by atoms with van der Waals surface area (Å²) in [5.74, 6) is 0.315. The lowest BCUT2D eigenvalue weighted by Gasteiger charge is -2.18. The van der Waals surface area contributed by atoms with Crippen LogP contribution in [0.2, 0.25) is 5.02 Å². The van der Waals surface area contributed by atoms with Crippen LogP contribution in [0.15, 0.2) is 46.9 Å². The van der Waals surface area contributed by atoms with Gasteiger partial charge in [-0.1, -0.05) is 17.7 Å². The highest BCUT2D eigenvalue weighted by molar-refractivity contribution is 7.90. The molecule has 0 aliphatic carbocycles. The van der Waals surface area contributed by atoms with Crippen molar-refractivity contribution < 1.29 is 17.9 Å². The second-order valence-electron chi connectivity index (χ2n) is 5.84. The monoisotopic (exact) mass is 377 g/mol. The van der Waals surface area contributed by atoms with Gasteiger partial charge in [0, 0.05) is 22.5 Å². The summed E-state index contributed by atoms with van der Waals surface area (Å²) in [5, 5.41) is 3.31. The van der Waals surface area contributed by atoms with Gasteiger partial charge in [-0.05, 0) is 48.9 Å². The summed E-state index contributed by atoms with van der Waals surface area (Å²) in [5.41, 5.74) is 2.37. The van der Waals surface area contributed by atoms with Gasteiger partial charge in [-0.2, -0.15) is 0 Å². The van der Waals surface area contributed by atoms with Crippen LogP contribution in [-0.4, -0.2) is 27.2 Å². The maximum atomic E-state index is 12.5. The number of anilines is 1. The van der Waals surface area contributed by atoms with Crippen molar-refractivity contribution in [2.24, 2.45) is 0 Å². The molecule has 1 aliphatic rings. The van der Waals surface area contributed by atoms with E-state index in [-0.39, 0.29) is 17.4 Å². The number of carbonyl (C=O) groups is 1. The predicted molar refractivity (Wildman–Crippen MR) is 97.8 cm³/mol. The van der Waals surface area contributed by atoms with Crippen molar-refractivity contribution in [3.8, 4) is 5.75 Å². The third-order valence-electron chi connectivity index (χ3n) is 3.86. The van der Waals surface area contributed by atoms with Crippen LogP contribution in [0.5, 0.6) is 5.75 Å². The minimum atomic E-state index is -3.35. The van der Waals surface area contributed by atoms with E-state index in [9.17, 15) is 13.2 Å². The van der Waals surface area contributed by atoms with Crippen molar-refractivity contribution in [1.82, 2.24) is 0 Å². The first-order chi connectivity index (χ1) is 11.7. The fourth-order valence-corrected chi connectivity index (χ4v) is 3.28. The Kier molecular flexibility index (Phi) is 4.58. The Labute approximate surface area is 151 Å². The SMILES string of the molecule is Cc1ccc(S(C)(=O)=O)cc1NC(=O)C1=Cc2cc(Cl)ccc2OC1. The number of amides is 1. The normalized spacial score (nSPS) is 13.5. The average Bonchev–Trinajstić information content (AvgIpc) is 2.55. The van der Waals surface area contributed by atoms with E-state index in [0.717, 1.165) is 17.4 Å². The lowest BCUT2D eigenvalue weighted by atomic mass is 10.1. The summed E-state index contributed by atoms with van der Waals surface area (Å²) in [6.07, 6.45) is 2.84. The van der Waals surface area contributed by atoms with E-state index in [1.165, 1.54) is 12.1 Å². The van der Waals surface area contributed by atoms with Crippen molar-refractivity contribution in [3.05, 3.63) is 58.1 Å². The largest absolute Gasteiger partial charge is 0.488 e. The summed E-state index contributed by atoms with van der Waals surface area (Å²) in [6, 6.07) is 9.83. The Morgan fingerprint density at radius 2 is 1.96 bits per heavy atom. The van der Waals surface area contributed by atoms with Gasteiger partial charge >= 0.3 is 0 Å². The highest BCUT2D eigenvalue weighted by Gasteiger charge is 2.19. The first-order valence-electron chi connectivity index (χ1n) is 7.49. The van der Waals surface area contributed by atoms with Gasteiger partial charge in [-0.3, -0.25) is 4.79 Å². The molecule has 7 heteroatoms. The first kappa shape index (κ1) is 17.5. The van der Waals surface area contributed by atoms with Crippen molar-refractivity contribution in [2.75, 3.05) is 18.2 Å². The number of benzene rings is 2. The smallest absolute Gasteiger partial charge is 0.255 e. The third kappa shape index (κ3) is 3.86. The fraction of sp³-hybridized carbons (Fsp3) is 0.167. The van der Waals surface area contributed by atoms with Crippen molar-refractivity contribution in [2.45, 2.75) is 11.8 Å². The third-order valence-corrected chi connectivity index (χ3v) is 5.21. The lowest BCUT2D eigenvalue weighted by Crippen LogP contribution is -2.21. The number of nitrogens with one attached hydrogen (secondary N) is 1. The van der Waals surface area contributed by atoms with E-state index in [2.05, 4.69) is 5.32 Å². The maximum absolute atomic E-state index is 12.5. The Morgan fingerprint density at radius 1 is 1.20 bits per heavy atom. The number of carbonyl (C=O) groups excluding carboxylic acids is 1. The van der Waals surface area contributed by atoms with Gasteiger partial charge in [-0.25, -0.2) is 8.42 Å². The van der Waals surface area contributed by atoms with Gasteiger partial charge < -0.3 is 10.1 Å². The lowest BCUT2D eigenvalue weighted by molar-refractivity contribution is -0.113. The standard InChI is InChI=1S/C18H16ClNO4S/c1-11-3-5-15(25(2,22)23)9-16(11)20-18(21)13-7-12-8-14(19)4-6-17(12)24-10-13/h3-9H,10H2,1-2H3,(H,20,21). The van der Waals surface area contributed by atoms with Crippen LogP contribution in [0, 0.1) is 6.92 Å². The molecule has 0 saturated carbocycles. The molecule has 1 N–H and O–H groups in total. The van der Waals surface area contributed by atoms with Gasteiger partial charge in [-0.15, -0.1) is 0 Å². The molecule has 0 saturated heterocycles. The minimum Gasteiger partial charge on any atom is -0.488 e. The van der Waals surface area contributed by atoms with Crippen LogP contribution in [0.1, 0.15) is 11.1 Å². The van der Waals surface area contributed by atoms with E-state index < -0.39 is 9.84 Å². The number of hydrogen-bond acceptors (Lipinski definition) is 4.